The van der Waals surface area contributed by atoms with Crippen molar-refractivity contribution in [1.29, 1.82) is 0 Å². The number of anilines is 1. The number of hydrogen-bond donors (Lipinski definition) is 2. The Hall–Kier alpha value is -1.30. The van der Waals surface area contributed by atoms with Gasteiger partial charge < -0.3 is 10.8 Å². The Morgan fingerprint density at radius 1 is 1.29 bits per heavy atom. The number of hydrogen-bond acceptors (Lipinski definition) is 2. The Morgan fingerprint density at radius 3 is 2.29 bits per heavy atom. The molecule has 0 atom stereocenters. The van der Waals surface area contributed by atoms with Gasteiger partial charge >= 0.3 is 6.18 Å². The molecule has 2 nitrogen and oxygen atoms in total. The summed E-state index contributed by atoms with van der Waals surface area (Å²) in [6.07, 6.45) is -4.71. The molecule has 0 bridgehead atoms. The molecule has 0 amide bonds. The summed E-state index contributed by atoms with van der Waals surface area (Å²) in [5.41, 5.74) is 2.94. The summed E-state index contributed by atoms with van der Waals surface area (Å²) < 4.78 is 49.3. The van der Waals surface area contributed by atoms with Crippen LogP contribution in [0.2, 0.25) is 0 Å². The quantitative estimate of drug-likeness (QED) is 0.548. The molecule has 0 heterocycles. The molecule has 1 aromatic rings. The largest absolute Gasteiger partial charge is 0.418 e. The van der Waals surface area contributed by atoms with E-state index in [-0.39, 0.29) is 5.56 Å². The second-order valence-corrected chi connectivity index (χ2v) is 2.68. The highest BCUT2D eigenvalue weighted by Crippen LogP contribution is 2.35. The fraction of sp³-hybridized carbons (Fsp3) is 0.250. The fourth-order valence-corrected chi connectivity index (χ4v) is 1.04. The summed E-state index contributed by atoms with van der Waals surface area (Å²) in [5.74, 6) is -1.07. The summed E-state index contributed by atoms with van der Waals surface area (Å²) >= 11 is 0. The molecule has 6 heteroatoms. The van der Waals surface area contributed by atoms with Gasteiger partial charge in [0, 0.05) is 11.3 Å². The van der Waals surface area contributed by atoms with Crippen molar-refractivity contribution in [3.63, 3.8) is 0 Å². The molecule has 1 rings (SSSR count). The van der Waals surface area contributed by atoms with Crippen molar-refractivity contribution in [2.75, 3.05) is 5.73 Å². The Morgan fingerprint density at radius 2 is 1.86 bits per heavy atom. The summed E-state index contributed by atoms with van der Waals surface area (Å²) in [6, 6.07) is 1.07. The molecule has 0 radical (unpaired) electrons. The highest BCUT2D eigenvalue weighted by Gasteiger charge is 2.34. The number of rotatable bonds is 1. The first kappa shape index (κ1) is 10.8. The predicted octanol–water partition coefficient (Wildman–Crippen LogP) is 1.92. The van der Waals surface area contributed by atoms with E-state index < -0.39 is 29.9 Å². The smallest absolute Gasteiger partial charge is 0.398 e. The molecular weight excluding hydrogens is 202 g/mol. The van der Waals surface area contributed by atoms with Gasteiger partial charge in [-0.25, -0.2) is 4.39 Å². The normalized spacial score (nSPS) is 11.8. The maximum atomic E-state index is 12.7. The van der Waals surface area contributed by atoms with Crippen molar-refractivity contribution in [2.45, 2.75) is 12.8 Å². The van der Waals surface area contributed by atoms with Gasteiger partial charge in [0.15, 0.2) is 0 Å². The van der Waals surface area contributed by atoms with Gasteiger partial charge in [0.1, 0.15) is 5.82 Å². The second kappa shape index (κ2) is 3.45. The molecule has 14 heavy (non-hydrogen) atoms. The molecule has 0 spiro atoms. The molecule has 0 aliphatic carbocycles. The van der Waals surface area contributed by atoms with Gasteiger partial charge in [0.05, 0.1) is 12.2 Å². The van der Waals surface area contributed by atoms with E-state index >= 15 is 0 Å². The Labute approximate surface area is 77.0 Å². The monoisotopic (exact) mass is 209 g/mol. The number of aliphatic hydroxyl groups excluding tert-OH is 1. The Kier molecular flexibility index (Phi) is 2.66. The molecule has 0 unspecified atom stereocenters. The summed E-state index contributed by atoms with van der Waals surface area (Å²) in [7, 11) is 0. The third kappa shape index (κ3) is 1.95. The number of nitrogen functional groups attached to an aromatic ring is 1. The zero-order chi connectivity index (χ0) is 10.9. The number of nitrogens with two attached hydrogens (primary N) is 1. The molecular formula is C8H7F4NO. The lowest BCUT2D eigenvalue weighted by molar-refractivity contribution is -0.137. The third-order valence-electron chi connectivity index (χ3n) is 1.71. The van der Waals surface area contributed by atoms with Crippen molar-refractivity contribution >= 4 is 5.69 Å². The van der Waals surface area contributed by atoms with Crippen LogP contribution in [-0.2, 0) is 12.8 Å². The first-order valence-corrected chi connectivity index (χ1v) is 3.62. The molecule has 0 aromatic heterocycles. The van der Waals surface area contributed by atoms with Crippen molar-refractivity contribution in [3.05, 3.63) is 29.1 Å². The number of aliphatic hydroxyl groups is 1. The highest BCUT2D eigenvalue weighted by molar-refractivity contribution is 5.55. The van der Waals surface area contributed by atoms with Crippen LogP contribution in [0.5, 0.6) is 0 Å². The van der Waals surface area contributed by atoms with Crippen LogP contribution in [0.4, 0.5) is 23.2 Å². The average Bonchev–Trinajstić information content (AvgIpc) is 2.06. The SMILES string of the molecule is Nc1c(CO)cc(F)cc1C(F)(F)F. The fourth-order valence-electron chi connectivity index (χ4n) is 1.04. The summed E-state index contributed by atoms with van der Waals surface area (Å²) in [4.78, 5) is 0. The van der Waals surface area contributed by atoms with Gasteiger partial charge in [-0.2, -0.15) is 13.2 Å². The number of benzene rings is 1. The van der Waals surface area contributed by atoms with Gasteiger partial charge in [-0.05, 0) is 12.1 Å². The van der Waals surface area contributed by atoms with Crippen molar-refractivity contribution < 1.29 is 22.7 Å². The lowest BCUT2D eigenvalue weighted by Crippen LogP contribution is -2.11. The first-order valence-electron chi connectivity index (χ1n) is 3.62. The molecule has 0 saturated heterocycles. The zero-order valence-corrected chi connectivity index (χ0v) is 6.90. The van der Waals surface area contributed by atoms with Crippen LogP contribution in [0.1, 0.15) is 11.1 Å². The lowest BCUT2D eigenvalue weighted by Gasteiger charge is -2.12. The Balaban J connectivity index is 3.37. The molecule has 0 saturated carbocycles. The van der Waals surface area contributed by atoms with Crippen LogP contribution >= 0.6 is 0 Å². The van der Waals surface area contributed by atoms with Crippen molar-refractivity contribution in [3.8, 4) is 0 Å². The van der Waals surface area contributed by atoms with Gasteiger partial charge in [-0.3, -0.25) is 0 Å². The second-order valence-electron chi connectivity index (χ2n) is 2.68. The summed E-state index contributed by atoms with van der Waals surface area (Å²) in [6.45, 7) is -0.729. The zero-order valence-electron chi connectivity index (χ0n) is 6.90. The van der Waals surface area contributed by atoms with E-state index in [9.17, 15) is 17.6 Å². The minimum absolute atomic E-state index is 0.266. The van der Waals surface area contributed by atoms with Crippen LogP contribution in [0.25, 0.3) is 0 Å². The van der Waals surface area contributed by atoms with Crippen LogP contribution in [0, 0.1) is 5.82 Å². The van der Waals surface area contributed by atoms with Gasteiger partial charge in [0.2, 0.25) is 0 Å². The molecule has 0 aliphatic heterocycles. The molecule has 3 N–H and O–H groups in total. The van der Waals surface area contributed by atoms with E-state index in [1.54, 1.807) is 0 Å². The maximum Gasteiger partial charge on any atom is 0.418 e. The lowest BCUT2D eigenvalue weighted by atomic mass is 10.1. The van der Waals surface area contributed by atoms with E-state index in [4.69, 9.17) is 10.8 Å². The maximum absolute atomic E-state index is 12.7. The van der Waals surface area contributed by atoms with Crippen molar-refractivity contribution in [1.82, 2.24) is 0 Å². The average molecular weight is 209 g/mol. The van der Waals surface area contributed by atoms with E-state index in [0.717, 1.165) is 6.07 Å². The van der Waals surface area contributed by atoms with Crippen LogP contribution in [0.15, 0.2) is 12.1 Å². The van der Waals surface area contributed by atoms with Gasteiger partial charge in [-0.1, -0.05) is 0 Å². The minimum atomic E-state index is -4.71. The molecule has 78 valence electrons. The van der Waals surface area contributed by atoms with Gasteiger partial charge in [-0.15, -0.1) is 0 Å². The topological polar surface area (TPSA) is 46.2 Å². The standard InChI is InChI=1S/C8H7F4NO/c9-5-1-4(3-14)7(13)6(2-5)8(10,11)12/h1-2,14H,3,13H2. The third-order valence-corrected chi connectivity index (χ3v) is 1.71. The van der Waals surface area contributed by atoms with Crippen LogP contribution < -0.4 is 5.73 Å². The molecule has 1 aromatic carbocycles. The van der Waals surface area contributed by atoms with Gasteiger partial charge in [0.25, 0.3) is 0 Å². The summed E-state index contributed by atoms with van der Waals surface area (Å²) in [5, 5.41) is 8.62. The van der Waals surface area contributed by atoms with Crippen LogP contribution in [0.3, 0.4) is 0 Å². The van der Waals surface area contributed by atoms with E-state index in [0.29, 0.717) is 6.07 Å². The molecule has 0 aliphatic rings. The Bertz CT molecular complexity index is 348. The van der Waals surface area contributed by atoms with E-state index in [2.05, 4.69) is 0 Å². The van der Waals surface area contributed by atoms with Crippen molar-refractivity contribution in [2.24, 2.45) is 0 Å². The minimum Gasteiger partial charge on any atom is -0.398 e. The molecule has 0 fully saturated rings. The first-order chi connectivity index (χ1) is 6.36. The van der Waals surface area contributed by atoms with Crippen LogP contribution in [-0.4, -0.2) is 5.11 Å². The van der Waals surface area contributed by atoms with E-state index in [1.165, 1.54) is 0 Å². The highest BCUT2D eigenvalue weighted by atomic mass is 19.4. The number of halogens is 4. The predicted molar refractivity (Wildman–Crippen MR) is 41.7 cm³/mol. The van der Waals surface area contributed by atoms with E-state index in [1.807, 2.05) is 0 Å². The number of alkyl halides is 3.